The zero-order valence-corrected chi connectivity index (χ0v) is 14.1. The van der Waals surface area contributed by atoms with Crippen LogP contribution in [0.4, 0.5) is 0 Å². The molecule has 126 valence electrons. The van der Waals surface area contributed by atoms with Crippen LogP contribution in [0.1, 0.15) is 25.8 Å². The minimum atomic E-state index is -1.02. The van der Waals surface area contributed by atoms with Crippen molar-refractivity contribution in [3.8, 4) is 0 Å². The summed E-state index contributed by atoms with van der Waals surface area (Å²) in [7, 11) is 0. The van der Waals surface area contributed by atoms with Gasteiger partial charge in [0.15, 0.2) is 6.10 Å². The Balaban J connectivity index is 1.89. The van der Waals surface area contributed by atoms with E-state index in [2.05, 4.69) is 0 Å². The van der Waals surface area contributed by atoms with Gasteiger partial charge in [0.2, 0.25) is 5.91 Å². The highest BCUT2D eigenvalue weighted by atomic mass is 35.5. The van der Waals surface area contributed by atoms with Gasteiger partial charge in [-0.1, -0.05) is 30.7 Å². The lowest BCUT2D eigenvalue weighted by Gasteiger charge is -2.35. The topological polar surface area (TPSA) is 66.8 Å². The van der Waals surface area contributed by atoms with Crippen LogP contribution in [0.2, 0.25) is 5.02 Å². The molecule has 23 heavy (non-hydrogen) atoms. The van der Waals surface area contributed by atoms with Crippen molar-refractivity contribution in [1.29, 1.82) is 0 Å². The van der Waals surface area contributed by atoms with Gasteiger partial charge in [0, 0.05) is 18.0 Å². The molecule has 1 N–H and O–H groups in total. The number of aliphatic carboxylic acids is 1. The number of carboxylic acid groups (broad SMARTS) is 1. The van der Waals surface area contributed by atoms with Gasteiger partial charge in [0.25, 0.3) is 0 Å². The summed E-state index contributed by atoms with van der Waals surface area (Å²) >= 11 is 5.87. The van der Waals surface area contributed by atoms with Crippen molar-refractivity contribution in [3.63, 3.8) is 0 Å². The molecule has 6 heteroatoms. The predicted molar refractivity (Wildman–Crippen MR) is 87.5 cm³/mol. The van der Waals surface area contributed by atoms with E-state index < -0.39 is 12.1 Å². The fourth-order valence-corrected chi connectivity index (χ4v) is 2.94. The SMILES string of the molecule is CC(CC(=O)N1CC(C(=O)O)O[C@H](C)C1)Cc1ccc(Cl)cc1. The summed E-state index contributed by atoms with van der Waals surface area (Å²) in [6.07, 6.45) is -0.0259. The number of rotatable bonds is 5. The molecule has 1 aliphatic heterocycles. The van der Waals surface area contributed by atoms with Gasteiger partial charge in [0.05, 0.1) is 12.6 Å². The second kappa shape index (κ2) is 7.79. The number of nitrogens with zero attached hydrogens (tertiary/aromatic N) is 1. The smallest absolute Gasteiger partial charge is 0.334 e. The molecule has 0 aliphatic carbocycles. The lowest BCUT2D eigenvalue weighted by atomic mass is 9.97. The molecule has 0 saturated carbocycles. The van der Waals surface area contributed by atoms with Crippen molar-refractivity contribution in [2.24, 2.45) is 5.92 Å². The number of carbonyl (C=O) groups excluding carboxylic acids is 1. The molecular weight excluding hydrogens is 318 g/mol. The molecule has 0 spiro atoms. The predicted octanol–water partition coefficient (Wildman–Crippen LogP) is 2.61. The number of carboxylic acids is 1. The second-order valence-electron chi connectivity index (χ2n) is 6.21. The highest BCUT2D eigenvalue weighted by molar-refractivity contribution is 6.30. The number of carbonyl (C=O) groups is 2. The van der Waals surface area contributed by atoms with Crippen LogP contribution in [0.25, 0.3) is 0 Å². The average Bonchev–Trinajstić information content (AvgIpc) is 2.48. The highest BCUT2D eigenvalue weighted by Crippen LogP contribution is 2.18. The summed E-state index contributed by atoms with van der Waals surface area (Å²) in [4.78, 5) is 25.1. The highest BCUT2D eigenvalue weighted by Gasteiger charge is 2.32. The van der Waals surface area contributed by atoms with Crippen LogP contribution < -0.4 is 0 Å². The Hall–Kier alpha value is -1.59. The number of amides is 1. The lowest BCUT2D eigenvalue weighted by molar-refractivity contribution is -0.166. The Kier molecular flexibility index (Phi) is 6.02. The summed E-state index contributed by atoms with van der Waals surface area (Å²) in [5.41, 5.74) is 1.13. The molecule has 0 radical (unpaired) electrons. The van der Waals surface area contributed by atoms with Crippen molar-refractivity contribution in [3.05, 3.63) is 34.9 Å². The van der Waals surface area contributed by atoms with Crippen molar-refractivity contribution in [1.82, 2.24) is 4.90 Å². The molecule has 0 aromatic heterocycles. The molecule has 1 aliphatic rings. The molecule has 1 amide bonds. The largest absolute Gasteiger partial charge is 0.479 e. The third-order valence-electron chi connectivity index (χ3n) is 3.91. The molecule has 2 unspecified atom stereocenters. The van der Waals surface area contributed by atoms with Gasteiger partial charge in [-0.2, -0.15) is 0 Å². The van der Waals surface area contributed by atoms with E-state index in [0.29, 0.717) is 18.0 Å². The van der Waals surface area contributed by atoms with Crippen LogP contribution >= 0.6 is 11.6 Å². The first-order chi connectivity index (χ1) is 10.8. The molecule has 5 nitrogen and oxygen atoms in total. The van der Waals surface area contributed by atoms with E-state index in [0.717, 1.165) is 12.0 Å². The fourth-order valence-electron chi connectivity index (χ4n) is 2.81. The maximum Gasteiger partial charge on any atom is 0.334 e. The second-order valence-corrected chi connectivity index (χ2v) is 6.65. The maximum absolute atomic E-state index is 12.4. The van der Waals surface area contributed by atoms with Gasteiger partial charge < -0.3 is 14.7 Å². The fraction of sp³-hybridized carbons (Fsp3) is 0.529. The number of hydrogen-bond donors (Lipinski definition) is 1. The molecule has 1 aromatic rings. The minimum absolute atomic E-state index is 0.0205. The van der Waals surface area contributed by atoms with Crippen LogP contribution in [0.3, 0.4) is 0 Å². The van der Waals surface area contributed by atoms with E-state index >= 15 is 0 Å². The third-order valence-corrected chi connectivity index (χ3v) is 4.16. The van der Waals surface area contributed by atoms with Crippen LogP contribution in [0.15, 0.2) is 24.3 Å². The number of morpholine rings is 1. The number of halogens is 1. The van der Waals surface area contributed by atoms with E-state index in [4.69, 9.17) is 21.4 Å². The molecular formula is C17H22ClNO4. The molecule has 1 saturated heterocycles. The van der Waals surface area contributed by atoms with Gasteiger partial charge >= 0.3 is 5.97 Å². The monoisotopic (exact) mass is 339 g/mol. The van der Waals surface area contributed by atoms with Gasteiger partial charge in [-0.05, 0) is 37.0 Å². The Morgan fingerprint density at radius 2 is 2.00 bits per heavy atom. The molecule has 3 atom stereocenters. The molecule has 1 heterocycles. The molecule has 2 rings (SSSR count). The van der Waals surface area contributed by atoms with Crippen LogP contribution in [-0.2, 0) is 20.7 Å². The van der Waals surface area contributed by atoms with E-state index in [1.807, 2.05) is 31.2 Å². The van der Waals surface area contributed by atoms with Gasteiger partial charge in [-0.15, -0.1) is 0 Å². The summed E-state index contributed by atoms with van der Waals surface area (Å²) in [6, 6.07) is 7.60. The van der Waals surface area contributed by atoms with Gasteiger partial charge in [0.1, 0.15) is 0 Å². The van der Waals surface area contributed by atoms with Gasteiger partial charge in [-0.25, -0.2) is 4.79 Å². The average molecular weight is 340 g/mol. The molecule has 1 aromatic carbocycles. The van der Waals surface area contributed by atoms with Crippen molar-refractivity contribution < 1.29 is 19.4 Å². The summed E-state index contributed by atoms with van der Waals surface area (Å²) in [5.74, 6) is -0.874. The van der Waals surface area contributed by atoms with E-state index in [9.17, 15) is 9.59 Å². The summed E-state index contributed by atoms with van der Waals surface area (Å²) < 4.78 is 5.33. The summed E-state index contributed by atoms with van der Waals surface area (Å²) in [5, 5.41) is 9.77. The van der Waals surface area contributed by atoms with E-state index in [-0.39, 0.29) is 24.5 Å². The van der Waals surface area contributed by atoms with Crippen LogP contribution in [0.5, 0.6) is 0 Å². The Morgan fingerprint density at radius 1 is 1.35 bits per heavy atom. The van der Waals surface area contributed by atoms with Crippen molar-refractivity contribution in [2.75, 3.05) is 13.1 Å². The van der Waals surface area contributed by atoms with Crippen LogP contribution in [-0.4, -0.2) is 47.2 Å². The standard InChI is InChI=1S/C17H22ClNO4/c1-11(7-13-3-5-14(18)6-4-13)8-16(20)19-9-12(2)23-15(10-19)17(21)22/h3-6,11-12,15H,7-10H2,1-2H3,(H,21,22)/t11?,12-,15?/m1/s1. The zero-order chi connectivity index (χ0) is 17.0. The van der Waals surface area contributed by atoms with E-state index in [1.54, 1.807) is 11.8 Å². The van der Waals surface area contributed by atoms with Gasteiger partial charge in [-0.3, -0.25) is 4.79 Å². The Morgan fingerprint density at radius 3 is 2.61 bits per heavy atom. The summed E-state index contributed by atoms with van der Waals surface area (Å²) in [6.45, 7) is 4.36. The lowest BCUT2D eigenvalue weighted by Crippen LogP contribution is -2.52. The Bertz CT molecular complexity index is 560. The number of benzene rings is 1. The zero-order valence-electron chi connectivity index (χ0n) is 13.4. The first-order valence-corrected chi connectivity index (χ1v) is 8.13. The Labute approximate surface area is 141 Å². The minimum Gasteiger partial charge on any atom is -0.479 e. The molecule has 1 fully saturated rings. The first kappa shape index (κ1) is 17.8. The molecule has 0 bridgehead atoms. The quantitative estimate of drug-likeness (QED) is 0.895. The number of ether oxygens (including phenoxy) is 1. The maximum atomic E-state index is 12.4. The normalized spacial score (nSPS) is 22.7. The van der Waals surface area contributed by atoms with E-state index in [1.165, 1.54) is 0 Å². The number of hydrogen-bond acceptors (Lipinski definition) is 3. The van der Waals surface area contributed by atoms with Crippen molar-refractivity contribution >= 4 is 23.5 Å². The first-order valence-electron chi connectivity index (χ1n) is 7.75. The van der Waals surface area contributed by atoms with Crippen LogP contribution in [0, 0.1) is 5.92 Å². The third kappa shape index (κ3) is 5.22. The van der Waals surface area contributed by atoms with Crippen molar-refractivity contribution in [2.45, 2.75) is 38.9 Å².